The van der Waals surface area contributed by atoms with E-state index >= 15 is 0 Å². The third-order valence-electron chi connectivity index (χ3n) is 5.32. The second-order valence-electron chi connectivity index (χ2n) is 7.24. The maximum Gasteiger partial charge on any atom is 0.276 e. The number of aromatic nitrogens is 4. The summed E-state index contributed by atoms with van der Waals surface area (Å²) in [6, 6.07) is 7.54. The number of anilines is 2. The summed E-state index contributed by atoms with van der Waals surface area (Å²) in [5.41, 5.74) is 3.20. The summed E-state index contributed by atoms with van der Waals surface area (Å²) >= 11 is 5.93. The standard InChI is InChI=1S/C20H21ClN6O2/c1-11-16(9-22-26(11)2)24-20(29)18-17(10-23-27(18)3)25-19(28)15-8-14(15)12-4-6-13(21)7-5-12/h4-7,9-10,14-15H,8H2,1-3H3,(H,24,29)(H,25,28). The van der Waals surface area contributed by atoms with Gasteiger partial charge in [-0.05, 0) is 37.0 Å². The minimum Gasteiger partial charge on any atom is -0.322 e. The molecule has 2 N–H and O–H groups in total. The molecule has 2 heterocycles. The Kier molecular flexibility index (Phi) is 4.87. The molecular weight excluding hydrogens is 392 g/mol. The van der Waals surface area contributed by atoms with Crippen LogP contribution in [0.25, 0.3) is 0 Å². The van der Waals surface area contributed by atoms with Gasteiger partial charge in [0.2, 0.25) is 5.91 Å². The zero-order chi connectivity index (χ0) is 20.7. The molecule has 1 saturated carbocycles. The van der Waals surface area contributed by atoms with Gasteiger partial charge >= 0.3 is 0 Å². The summed E-state index contributed by atoms with van der Waals surface area (Å²) < 4.78 is 3.12. The number of amides is 2. The van der Waals surface area contributed by atoms with Gasteiger partial charge in [0, 0.05) is 25.0 Å². The molecule has 0 bridgehead atoms. The summed E-state index contributed by atoms with van der Waals surface area (Å²) in [6.07, 6.45) is 3.84. The Morgan fingerprint density at radius 1 is 1.03 bits per heavy atom. The summed E-state index contributed by atoms with van der Waals surface area (Å²) in [4.78, 5) is 25.5. The smallest absolute Gasteiger partial charge is 0.276 e. The second kappa shape index (κ2) is 7.36. The fraction of sp³-hybridized carbons (Fsp3) is 0.300. The molecule has 1 aliphatic carbocycles. The van der Waals surface area contributed by atoms with Crippen molar-refractivity contribution >= 4 is 34.8 Å². The maximum absolute atomic E-state index is 12.8. The number of carbonyl (C=O) groups is 2. The highest BCUT2D eigenvalue weighted by Gasteiger charge is 2.44. The van der Waals surface area contributed by atoms with Crippen LogP contribution in [0, 0.1) is 12.8 Å². The Balaban J connectivity index is 1.46. The van der Waals surface area contributed by atoms with Gasteiger partial charge in [-0.1, -0.05) is 23.7 Å². The summed E-state index contributed by atoms with van der Waals surface area (Å²) in [6.45, 7) is 1.86. The highest BCUT2D eigenvalue weighted by molar-refractivity contribution is 6.30. The van der Waals surface area contributed by atoms with Gasteiger partial charge in [-0.15, -0.1) is 0 Å². The van der Waals surface area contributed by atoms with E-state index < -0.39 is 0 Å². The number of nitrogens with zero attached hydrogens (tertiary/aromatic N) is 4. The van der Waals surface area contributed by atoms with Gasteiger partial charge in [-0.2, -0.15) is 10.2 Å². The lowest BCUT2D eigenvalue weighted by atomic mass is 10.1. The zero-order valence-corrected chi connectivity index (χ0v) is 17.1. The van der Waals surface area contributed by atoms with Gasteiger partial charge in [0.05, 0.1) is 29.5 Å². The lowest BCUT2D eigenvalue weighted by Crippen LogP contribution is -2.21. The van der Waals surface area contributed by atoms with Gasteiger partial charge in [-0.3, -0.25) is 19.0 Å². The predicted molar refractivity (Wildman–Crippen MR) is 110 cm³/mol. The molecule has 150 valence electrons. The van der Waals surface area contributed by atoms with Crippen molar-refractivity contribution in [3.63, 3.8) is 0 Å². The highest BCUT2D eigenvalue weighted by atomic mass is 35.5. The molecule has 2 unspecified atom stereocenters. The van der Waals surface area contributed by atoms with Crippen LogP contribution in [-0.2, 0) is 18.9 Å². The van der Waals surface area contributed by atoms with E-state index in [1.807, 2.05) is 31.2 Å². The Morgan fingerprint density at radius 3 is 2.34 bits per heavy atom. The lowest BCUT2D eigenvalue weighted by molar-refractivity contribution is -0.117. The van der Waals surface area contributed by atoms with Gasteiger partial charge in [0.25, 0.3) is 5.91 Å². The highest BCUT2D eigenvalue weighted by Crippen LogP contribution is 2.48. The SMILES string of the molecule is Cc1c(NC(=O)c2c(NC(=O)C3CC3c3ccc(Cl)cc3)cnn2C)cnn1C. The van der Waals surface area contributed by atoms with Crippen molar-refractivity contribution < 1.29 is 9.59 Å². The Labute approximate surface area is 172 Å². The van der Waals surface area contributed by atoms with Gasteiger partial charge in [0.1, 0.15) is 5.69 Å². The van der Waals surface area contributed by atoms with Crippen molar-refractivity contribution in [3.8, 4) is 0 Å². The number of aryl methyl sites for hydroxylation is 2. The van der Waals surface area contributed by atoms with Crippen LogP contribution < -0.4 is 10.6 Å². The molecule has 0 saturated heterocycles. The van der Waals surface area contributed by atoms with Crippen molar-refractivity contribution in [2.75, 3.05) is 10.6 Å². The molecule has 0 aliphatic heterocycles. The van der Waals surface area contributed by atoms with Crippen LogP contribution in [0.15, 0.2) is 36.7 Å². The van der Waals surface area contributed by atoms with Gasteiger partial charge < -0.3 is 10.6 Å². The minimum absolute atomic E-state index is 0.121. The van der Waals surface area contributed by atoms with Gasteiger partial charge in [-0.25, -0.2) is 0 Å². The van der Waals surface area contributed by atoms with Crippen LogP contribution in [-0.4, -0.2) is 31.4 Å². The molecule has 1 aromatic carbocycles. The molecule has 2 atom stereocenters. The Morgan fingerprint density at radius 2 is 1.69 bits per heavy atom. The number of hydrogen-bond acceptors (Lipinski definition) is 4. The van der Waals surface area contributed by atoms with E-state index in [0.29, 0.717) is 16.4 Å². The van der Waals surface area contributed by atoms with Crippen LogP contribution in [0.2, 0.25) is 5.02 Å². The number of halogens is 1. The fourth-order valence-electron chi connectivity index (χ4n) is 3.39. The maximum atomic E-state index is 12.8. The second-order valence-corrected chi connectivity index (χ2v) is 7.68. The van der Waals surface area contributed by atoms with Crippen LogP contribution in [0.5, 0.6) is 0 Å². The summed E-state index contributed by atoms with van der Waals surface area (Å²) in [5.74, 6) is -0.446. The third kappa shape index (κ3) is 3.75. The topological polar surface area (TPSA) is 93.8 Å². The van der Waals surface area contributed by atoms with E-state index in [0.717, 1.165) is 17.7 Å². The molecule has 29 heavy (non-hydrogen) atoms. The average molecular weight is 413 g/mol. The van der Waals surface area contributed by atoms with E-state index in [-0.39, 0.29) is 29.3 Å². The van der Waals surface area contributed by atoms with E-state index in [4.69, 9.17) is 11.6 Å². The first kappa shape index (κ1) is 19.2. The minimum atomic E-state index is -0.360. The van der Waals surface area contributed by atoms with E-state index in [2.05, 4.69) is 20.8 Å². The number of rotatable bonds is 5. The van der Waals surface area contributed by atoms with E-state index in [1.54, 1.807) is 25.0 Å². The van der Waals surface area contributed by atoms with Gasteiger partial charge in [0.15, 0.2) is 0 Å². The Hall–Kier alpha value is -3.13. The quantitative estimate of drug-likeness (QED) is 0.673. The molecule has 4 rings (SSSR count). The van der Waals surface area contributed by atoms with Crippen molar-refractivity contribution in [1.29, 1.82) is 0 Å². The lowest BCUT2D eigenvalue weighted by Gasteiger charge is -2.09. The summed E-state index contributed by atoms with van der Waals surface area (Å²) in [7, 11) is 3.46. The first-order valence-electron chi connectivity index (χ1n) is 9.23. The first-order valence-corrected chi connectivity index (χ1v) is 9.61. The van der Waals surface area contributed by atoms with Crippen molar-refractivity contribution in [2.24, 2.45) is 20.0 Å². The molecule has 9 heteroatoms. The summed E-state index contributed by atoms with van der Waals surface area (Å²) in [5, 5.41) is 14.6. The number of benzene rings is 1. The molecule has 0 radical (unpaired) electrons. The fourth-order valence-corrected chi connectivity index (χ4v) is 3.52. The van der Waals surface area contributed by atoms with Crippen molar-refractivity contribution in [1.82, 2.24) is 19.6 Å². The number of carbonyl (C=O) groups excluding carboxylic acids is 2. The van der Waals surface area contributed by atoms with Crippen LogP contribution in [0.1, 0.15) is 34.1 Å². The molecule has 2 amide bonds. The largest absolute Gasteiger partial charge is 0.322 e. The van der Waals surface area contributed by atoms with Crippen LogP contribution >= 0.6 is 11.6 Å². The molecule has 0 spiro atoms. The predicted octanol–water partition coefficient (Wildman–Crippen LogP) is 3.11. The molecule has 3 aromatic rings. The van der Waals surface area contributed by atoms with Crippen LogP contribution in [0.4, 0.5) is 11.4 Å². The zero-order valence-electron chi connectivity index (χ0n) is 16.3. The van der Waals surface area contributed by atoms with E-state index in [9.17, 15) is 9.59 Å². The Bertz CT molecular complexity index is 1090. The molecule has 2 aromatic heterocycles. The molecular formula is C20H21ClN6O2. The number of nitrogens with one attached hydrogen (secondary N) is 2. The normalized spacial score (nSPS) is 17.8. The monoisotopic (exact) mass is 412 g/mol. The third-order valence-corrected chi connectivity index (χ3v) is 5.57. The first-order chi connectivity index (χ1) is 13.8. The molecule has 8 nitrogen and oxygen atoms in total. The molecule has 1 aliphatic rings. The average Bonchev–Trinajstić information content (AvgIpc) is 3.33. The van der Waals surface area contributed by atoms with Crippen molar-refractivity contribution in [2.45, 2.75) is 19.3 Å². The van der Waals surface area contributed by atoms with E-state index in [1.165, 1.54) is 10.9 Å². The van der Waals surface area contributed by atoms with Crippen molar-refractivity contribution in [3.05, 3.63) is 58.6 Å². The number of hydrogen-bond donors (Lipinski definition) is 2. The molecule has 1 fully saturated rings. The van der Waals surface area contributed by atoms with Crippen LogP contribution in [0.3, 0.4) is 0 Å².